The van der Waals surface area contributed by atoms with Crippen LogP contribution in [0.2, 0.25) is 0 Å². The van der Waals surface area contributed by atoms with Crippen LogP contribution in [-0.2, 0) is 6.18 Å². The zero-order valence-corrected chi connectivity index (χ0v) is 14.6. The van der Waals surface area contributed by atoms with E-state index in [9.17, 15) is 22.8 Å². The number of hydrogen-bond donors (Lipinski definition) is 3. The van der Waals surface area contributed by atoms with Crippen LogP contribution < -0.4 is 15.9 Å². The van der Waals surface area contributed by atoms with Crippen LogP contribution in [-0.4, -0.2) is 33.9 Å². The first kappa shape index (κ1) is 18.1. The quantitative estimate of drug-likeness (QED) is 0.640. The van der Waals surface area contributed by atoms with Crippen LogP contribution in [0.1, 0.15) is 28.9 Å². The van der Waals surface area contributed by atoms with Crippen LogP contribution in [0, 0.1) is 0 Å². The van der Waals surface area contributed by atoms with E-state index < -0.39 is 17.8 Å². The van der Waals surface area contributed by atoms with Crippen LogP contribution in [0.3, 0.4) is 0 Å². The molecule has 146 valence electrons. The third-order valence-corrected chi connectivity index (χ3v) is 4.64. The number of anilines is 2. The molecule has 10 heteroatoms. The SMILES string of the molecule is O=C(Nc1cc2[nH]c(=O)[nH]c2cc1N1CCCC1)c1ccc(C(F)(F)F)nc1. The number of pyridine rings is 1. The molecule has 1 aromatic carbocycles. The third-order valence-electron chi connectivity index (χ3n) is 4.64. The molecule has 28 heavy (non-hydrogen) atoms. The number of benzene rings is 1. The van der Waals surface area contributed by atoms with Gasteiger partial charge in [0.15, 0.2) is 0 Å². The molecular formula is C18H16F3N5O2. The second kappa shape index (κ2) is 6.70. The van der Waals surface area contributed by atoms with Crippen molar-refractivity contribution >= 4 is 28.3 Å². The topological polar surface area (TPSA) is 93.9 Å². The Hall–Kier alpha value is -3.30. The van der Waals surface area contributed by atoms with Crippen molar-refractivity contribution < 1.29 is 18.0 Å². The van der Waals surface area contributed by atoms with Gasteiger partial charge in [-0.05, 0) is 37.1 Å². The molecule has 1 fully saturated rings. The Morgan fingerprint density at radius 3 is 2.39 bits per heavy atom. The summed E-state index contributed by atoms with van der Waals surface area (Å²) in [5.74, 6) is -0.584. The van der Waals surface area contributed by atoms with E-state index >= 15 is 0 Å². The molecule has 1 amide bonds. The van der Waals surface area contributed by atoms with E-state index in [1.54, 1.807) is 12.1 Å². The van der Waals surface area contributed by atoms with E-state index in [1.165, 1.54) is 0 Å². The summed E-state index contributed by atoms with van der Waals surface area (Å²) in [4.78, 5) is 34.9. The van der Waals surface area contributed by atoms with Gasteiger partial charge in [0, 0.05) is 19.3 Å². The van der Waals surface area contributed by atoms with Crippen LogP contribution in [0.5, 0.6) is 0 Å². The number of aromatic amines is 2. The summed E-state index contributed by atoms with van der Waals surface area (Å²) >= 11 is 0. The van der Waals surface area contributed by atoms with Crippen molar-refractivity contribution in [2.24, 2.45) is 0 Å². The first-order chi connectivity index (χ1) is 13.3. The highest BCUT2D eigenvalue weighted by Gasteiger charge is 2.32. The fraction of sp³-hybridized carbons (Fsp3) is 0.278. The largest absolute Gasteiger partial charge is 0.433 e. The van der Waals surface area contributed by atoms with Crippen LogP contribution in [0.25, 0.3) is 11.0 Å². The number of nitrogens with zero attached hydrogens (tertiary/aromatic N) is 2. The Balaban J connectivity index is 1.66. The summed E-state index contributed by atoms with van der Waals surface area (Å²) < 4.78 is 37.9. The minimum atomic E-state index is -4.57. The van der Waals surface area contributed by atoms with E-state index in [4.69, 9.17) is 0 Å². The van der Waals surface area contributed by atoms with E-state index in [2.05, 4.69) is 25.2 Å². The summed E-state index contributed by atoms with van der Waals surface area (Å²) in [6.07, 6.45) is -1.65. The van der Waals surface area contributed by atoms with Crippen molar-refractivity contribution in [2.75, 3.05) is 23.3 Å². The molecule has 3 aromatic rings. The monoisotopic (exact) mass is 391 g/mol. The molecule has 0 unspecified atom stereocenters. The van der Waals surface area contributed by atoms with Gasteiger partial charge in [-0.15, -0.1) is 0 Å². The molecule has 1 aliphatic rings. The summed E-state index contributed by atoms with van der Waals surface area (Å²) in [6, 6.07) is 5.26. The highest BCUT2D eigenvalue weighted by atomic mass is 19.4. The smallest absolute Gasteiger partial charge is 0.370 e. The minimum absolute atomic E-state index is 0.00281. The van der Waals surface area contributed by atoms with E-state index in [1.807, 2.05) is 0 Å². The van der Waals surface area contributed by atoms with Crippen molar-refractivity contribution in [3.05, 3.63) is 52.2 Å². The lowest BCUT2D eigenvalue weighted by atomic mass is 10.2. The lowest BCUT2D eigenvalue weighted by molar-refractivity contribution is -0.141. The molecular weight excluding hydrogens is 375 g/mol. The number of rotatable bonds is 3. The Morgan fingerprint density at radius 2 is 1.79 bits per heavy atom. The van der Waals surface area contributed by atoms with Crippen molar-refractivity contribution in [1.29, 1.82) is 0 Å². The number of imidazole rings is 1. The first-order valence-corrected chi connectivity index (χ1v) is 8.67. The lowest BCUT2D eigenvalue weighted by Crippen LogP contribution is -2.21. The van der Waals surface area contributed by atoms with Crippen molar-refractivity contribution in [1.82, 2.24) is 15.0 Å². The summed E-state index contributed by atoms with van der Waals surface area (Å²) in [6.45, 7) is 1.62. The molecule has 4 rings (SSSR count). The Kier molecular flexibility index (Phi) is 4.33. The average molecular weight is 391 g/mol. The first-order valence-electron chi connectivity index (χ1n) is 8.67. The van der Waals surface area contributed by atoms with Gasteiger partial charge in [0.05, 0.1) is 28.0 Å². The Labute approximate surface area is 156 Å². The fourth-order valence-electron chi connectivity index (χ4n) is 3.28. The maximum Gasteiger partial charge on any atom is 0.433 e. The number of H-pyrrole nitrogens is 2. The number of nitrogens with one attached hydrogen (secondary N) is 3. The minimum Gasteiger partial charge on any atom is -0.370 e. The Bertz CT molecular complexity index is 1080. The molecule has 2 aromatic heterocycles. The molecule has 1 aliphatic heterocycles. The van der Waals surface area contributed by atoms with Gasteiger partial charge in [-0.1, -0.05) is 0 Å². The molecule has 3 heterocycles. The van der Waals surface area contributed by atoms with E-state index in [-0.39, 0.29) is 11.3 Å². The predicted molar refractivity (Wildman–Crippen MR) is 97.6 cm³/mol. The third kappa shape index (κ3) is 3.45. The van der Waals surface area contributed by atoms with Gasteiger partial charge >= 0.3 is 11.9 Å². The molecule has 1 saturated heterocycles. The summed E-state index contributed by atoms with van der Waals surface area (Å²) in [7, 11) is 0. The highest BCUT2D eigenvalue weighted by molar-refractivity contribution is 6.07. The molecule has 0 spiro atoms. The van der Waals surface area contributed by atoms with Gasteiger partial charge in [0.25, 0.3) is 5.91 Å². The number of carbonyl (C=O) groups excluding carboxylic acids is 1. The van der Waals surface area contributed by atoms with Gasteiger partial charge < -0.3 is 20.2 Å². The number of halogens is 3. The maximum atomic E-state index is 12.6. The van der Waals surface area contributed by atoms with Crippen LogP contribution in [0.15, 0.2) is 35.3 Å². The maximum absolute atomic E-state index is 12.6. The van der Waals surface area contributed by atoms with E-state index in [0.29, 0.717) is 16.7 Å². The Morgan fingerprint density at radius 1 is 1.11 bits per heavy atom. The number of hydrogen-bond acceptors (Lipinski definition) is 4. The molecule has 0 saturated carbocycles. The molecule has 0 bridgehead atoms. The highest BCUT2D eigenvalue weighted by Crippen LogP contribution is 2.32. The number of amides is 1. The van der Waals surface area contributed by atoms with Crippen molar-refractivity contribution in [2.45, 2.75) is 19.0 Å². The molecule has 0 aliphatic carbocycles. The lowest BCUT2D eigenvalue weighted by Gasteiger charge is -2.22. The van der Waals surface area contributed by atoms with Crippen molar-refractivity contribution in [3.8, 4) is 0 Å². The normalized spacial score (nSPS) is 14.6. The van der Waals surface area contributed by atoms with Gasteiger partial charge in [-0.3, -0.25) is 9.78 Å². The fourth-order valence-corrected chi connectivity index (χ4v) is 3.28. The molecule has 0 atom stereocenters. The predicted octanol–water partition coefficient (Wildman–Crippen LogP) is 3.12. The number of alkyl halides is 3. The second-order valence-electron chi connectivity index (χ2n) is 6.57. The van der Waals surface area contributed by atoms with Crippen LogP contribution >= 0.6 is 0 Å². The zero-order valence-electron chi connectivity index (χ0n) is 14.6. The molecule has 0 radical (unpaired) electrons. The standard InChI is InChI=1S/C18H16F3N5O2/c19-18(20,21)15-4-3-10(9-22-15)16(27)23-13-7-11-12(25-17(28)24-11)8-14(13)26-5-1-2-6-26/h3-4,7-9H,1-2,5-6H2,(H,23,27)(H2,24,25,28). The van der Waals surface area contributed by atoms with Gasteiger partial charge in [0.2, 0.25) is 0 Å². The molecule has 3 N–H and O–H groups in total. The second-order valence-corrected chi connectivity index (χ2v) is 6.57. The number of carbonyl (C=O) groups is 1. The van der Waals surface area contributed by atoms with Crippen LogP contribution in [0.4, 0.5) is 24.5 Å². The zero-order chi connectivity index (χ0) is 19.9. The number of fused-ring (bicyclic) bond motifs is 1. The van der Waals surface area contributed by atoms with Gasteiger partial charge in [0.1, 0.15) is 5.69 Å². The summed E-state index contributed by atoms with van der Waals surface area (Å²) in [5, 5.41) is 2.73. The van der Waals surface area contributed by atoms with Gasteiger partial charge in [-0.2, -0.15) is 13.2 Å². The molecule has 7 nitrogen and oxygen atoms in total. The number of aromatic nitrogens is 3. The van der Waals surface area contributed by atoms with Crippen molar-refractivity contribution in [3.63, 3.8) is 0 Å². The van der Waals surface area contributed by atoms with E-state index in [0.717, 1.165) is 49.9 Å². The van der Waals surface area contributed by atoms with Gasteiger partial charge in [-0.25, -0.2) is 4.79 Å². The summed E-state index contributed by atoms with van der Waals surface area (Å²) in [5.41, 5.74) is 0.923. The average Bonchev–Trinajstić information content (AvgIpc) is 3.28.